The van der Waals surface area contributed by atoms with Gasteiger partial charge < -0.3 is 14.2 Å². The van der Waals surface area contributed by atoms with Crippen LogP contribution < -0.4 is 4.74 Å². The highest BCUT2D eigenvalue weighted by Gasteiger charge is 2.52. The summed E-state index contributed by atoms with van der Waals surface area (Å²) in [6.45, 7) is 2.14. The summed E-state index contributed by atoms with van der Waals surface area (Å²) in [7, 11) is 1.65. The van der Waals surface area contributed by atoms with E-state index in [1.165, 1.54) is 44.1 Å². The molecular weight excluding hydrogens is 400 g/mol. The third-order valence-corrected chi connectivity index (χ3v) is 7.68. The topological polar surface area (TPSA) is 44.8 Å². The molecule has 0 N–H and O–H groups in total. The molecule has 32 heavy (non-hydrogen) atoms. The van der Waals surface area contributed by atoms with Crippen molar-refractivity contribution in [2.24, 2.45) is 17.8 Å². The number of esters is 1. The smallest absolute Gasteiger partial charge is 0.343 e. The molecule has 4 aliphatic rings. The third-order valence-electron chi connectivity index (χ3n) is 7.68. The Morgan fingerprint density at radius 3 is 2.22 bits per heavy atom. The first-order valence-electron chi connectivity index (χ1n) is 11.8. The second-order valence-corrected chi connectivity index (χ2v) is 9.87. The van der Waals surface area contributed by atoms with Gasteiger partial charge >= 0.3 is 5.97 Å². The number of methoxy groups -OCH3 is 1. The Morgan fingerprint density at radius 2 is 1.62 bits per heavy atom. The van der Waals surface area contributed by atoms with E-state index in [4.69, 9.17) is 14.2 Å². The van der Waals surface area contributed by atoms with E-state index in [1.54, 1.807) is 19.2 Å². The van der Waals surface area contributed by atoms with E-state index in [9.17, 15) is 4.79 Å². The Morgan fingerprint density at radius 1 is 0.969 bits per heavy atom. The zero-order chi connectivity index (χ0) is 22.1. The molecular formula is C28H32O4. The second kappa shape index (κ2) is 8.74. The molecule has 4 aliphatic carbocycles. The number of hydrogen-bond acceptors (Lipinski definition) is 4. The Kier molecular flexibility index (Phi) is 5.81. The Hall–Kier alpha value is -2.59. The van der Waals surface area contributed by atoms with Gasteiger partial charge in [-0.15, -0.1) is 0 Å². The summed E-state index contributed by atoms with van der Waals surface area (Å²) < 4.78 is 17.1. The minimum Gasteiger partial charge on any atom is -0.467 e. The van der Waals surface area contributed by atoms with Crippen molar-refractivity contribution >= 4 is 11.7 Å². The van der Waals surface area contributed by atoms with Crippen molar-refractivity contribution < 1.29 is 19.0 Å². The van der Waals surface area contributed by atoms with Gasteiger partial charge in [0.05, 0.1) is 5.56 Å². The lowest BCUT2D eigenvalue weighted by Gasteiger charge is -2.57. The monoisotopic (exact) mass is 432 g/mol. The van der Waals surface area contributed by atoms with Crippen molar-refractivity contribution in [2.75, 3.05) is 13.9 Å². The van der Waals surface area contributed by atoms with Crippen molar-refractivity contribution in [3.05, 3.63) is 71.3 Å². The summed E-state index contributed by atoms with van der Waals surface area (Å²) in [6.07, 6.45) is 9.75. The van der Waals surface area contributed by atoms with Gasteiger partial charge in [0, 0.05) is 18.2 Å². The lowest BCUT2D eigenvalue weighted by atomic mass is 9.48. The van der Waals surface area contributed by atoms with Crippen LogP contribution in [0.2, 0.25) is 0 Å². The molecule has 0 atom stereocenters. The highest BCUT2D eigenvalue weighted by molar-refractivity contribution is 5.93. The molecule has 0 heterocycles. The zero-order valence-corrected chi connectivity index (χ0v) is 19.0. The maximum atomic E-state index is 12.7. The lowest BCUT2D eigenvalue weighted by Crippen LogP contribution is -2.48. The van der Waals surface area contributed by atoms with E-state index in [2.05, 4.69) is 6.07 Å². The van der Waals surface area contributed by atoms with Gasteiger partial charge in [-0.25, -0.2) is 4.79 Å². The highest BCUT2D eigenvalue weighted by atomic mass is 16.7. The fraction of sp³-hybridized carbons (Fsp3) is 0.464. The molecule has 4 nitrogen and oxygen atoms in total. The maximum Gasteiger partial charge on any atom is 0.343 e. The van der Waals surface area contributed by atoms with Crippen LogP contribution in [-0.4, -0.2) is 19.9 Å². The maximum absolute atomic E-state index is 12.7. The summed E-state index contributed by atoms with van der Waals surface area (Å²) in [5, 5.41) is 0. The zero-order valence-electron chi connectivity index (χ0n) is 19.0. The molecule has 0 aliphatic heterocycles. The normalized spacial score (nSPS) is 28.6. The van der Waals surface area contributed by atoms with Gasteiger partial charge in [0.15, 0.2) is 6.79 Å². The highest BCUT2D eigenvalue weighted by Crippen LogP contribution is 2.62. The van der Waals surface area contributed by atoms with Crippen molar-refractivity contribution in [3.8, 4) is 5.75 Å². The minimum atomic E-state index is -0.338. The molecule has 0 saturated heterocycles. The molecule has 0 radical (unpaired) electrons. The van der Waals surface area contributed by atoms with Crippen LogP contribution in [0.1, 0.15) is 66.9 Å². The number of rotatable bonds is 7. The number of allylic oxidation sites excluding steroid dienone is 1. The number of carbonyl (C=O) groups is 1. The van der Waals surface area contributed by atoms with Crippen LogP contribution in [0.15, 0.2) is 54.6 Å². The van der Waals surface area contributed by atoms with E-state index < -0.39 is 0 Å². The molecule has 4 heteroatoms. The molecule has 2 aromatic carbocycles. The van der Waals surface area contributed by atoms with Gasteiger partial charge in [0.25, 0.3) is 0 Å². The molecule has 4 fully saturated rings. The quantitative estimate of drug-likeness (QED) is 0.290. The Labute approximate surface area is 190 Å². The van der Waals surface area contributed by atoms with E-state index in [-0.39, 0.29) is 18.2 Å². The van der Waals surface area contributed by atoms with Gasteiger partial charge in [-0.3, -0.25) is 0 Å². The van der Waals surface area contributed by atoms with Crippen LogP contribution in [-0.2, 0) is 14.9 Å². The van der Waals surface area contributed by atoms with Crippen molar-refractivity contribution in [1.82, 2.24) is 0 Å². The predicted octanol–water partition coefficient (Wildman–Crippen LogP) is 6.35. The fourth-order valence-electron chi connectivity index (χ4n) is 6.80. The van der Waals surface area contributed by atoms with E-state index in [0.29, 0.717) is 11.3 Å². The summed E-state index contributed by atoms with van der Waals surface area (Å²) in [5.41, 5.74) is 2.90. The molecule has 6 rings (SSSR count). The number of ether oxygens (including phenoxy) is 3. The molecule has 4 saturated carbocycles. The summed E-state index contributed by atoms with van der Waals surface area (Å²) in [6, 6.07) is 15.4. The largest absolute Gasteiger partial charge is 0.467 e. The number of carbonyl (C=O) groups excluding carboxylic acids is 1. The second-order valence-electron chi connectivity index (χ2n) is 9.87. The van der Waals surface area contributed by atoms with E-state index in [1.807, 2.05) is 43.3 Å². The first-order valence-corrected chi connectivity index (χ1v) is 11.8. The summed E-state index contributed by atoms with van der Waals surface area (Å²) >= 11 is 0. The number of hydrogen-bond donors (Lipinski definition) is 0. The predicted molar refractivity (Wildman–Crippen MR) is 124 cm³/mol. The molecule has 0 aromatic heterocycles. The first-order chi connectivity index (χ1) is 15.6. The Bertz CT molecular complexity index is 972. The fourth-order valence-corrected chi connectivity index (χ4v) is 6.80. The SMILES string of the molecule is C/C=C(\OC(=O)c1ccccc1)c1ccc(OCOC)c(C23CC4CC(CC(C4)C2)C3)c1. The molecule has 2 aromatic rings. The van der Waals surface area contributed by atoms with Crippen LogP contribution in [0.25, 0.3) is 5.76 Å². The van der Waals surface area contributed by atoms with Crippen LogP contribution in [0, 0.1) is 17.8 Å². The molecule has 0 unspecified atom stereocenters. The standard InChI is InChI=1S/C28H32O4/c1-3-25(32-27(29)22-7-5-4-6-8-22)23-9-10-26(31-18-30-2)24(14-23)28-15-19-11-20(16-28)13-21(12-19)17-28/h3-10,14,19-21H,11-13,15-18H2,1-2H3/b25-3-. The van der Waals surface area contributed by atoms with E-state index >= 15 is 0 Å². The van der Waals surface area contributed by atoms with Gasteiger partial charge in [-0.1, -0.05) is 18.2 Å². The van der Waals surface area contributed by atoms with Gasteiger partial charge in [0.2, 0.25) is 0 Å². The van der Waals surface area contributed by atoms with Crippen LogP contribution in [0.4, 0.5) is 0 Å². The number of benzene rings is 2. The van der Waals surface area contributed by atoms with Gasteiger partial charge in [-0.2, -0.15) is 0 Å². The van der Waals surface area contributed by atoms with Crippen molar-refractivity contribution in [2.45, 2.75) is 50.9 Å². The average molecular weight is 433 g/mol. The Balaban J connectivity index is 1.48. The molecule has 0 amide bonds. The van der Waals surface area contributed by atoms with Gasteiger partial charge in [-0.05, 0) is 105 Å². The minimum absolute atomic E-state index is 0.163. The average Bonchev–Trinajstić information content (AvgIpc) is 2.80. The molecule has 4 bridgehead atoms. The van der Waals surface area contributed by atoms with Crippen molar-refractivity contribution in [1.29, 1.82) is 0 Å². The van der Waals surface area contributed by atoms with E-state index in [0.717, 1.165) is 29.1 Å². The third kappa shape index (κ3) is 3.97. The lowest BCUT2D eigenvalue weighted by molar-refractivity contribution is -0.00884. The van der Waals surface area contributed by atoms with Crippen LogP contribution in [0.3, 0.4) is 0 Å². The van der Waals surface area contributed by atoms with Gasteiger partial charge in [0.1, 0.15) is 11.5 Å². The summed E-state index contributed by atoms with van der Waals surface area (Å²) in [5.74, 6) is 3.65. The van der Waals surface area contributed by atoms with Crippen LogP contribution in [0.5, 0.6) is 5.75 Å². The molecule has 0 spiro atoms. The summed E-state index contributed by atoms with van der Waals surface area (Å²) in [4.78, 5) is 12.7. The van der Waals surface area contributed by atoms with Crippen molar-refractivity contribution in [3.63, 3.8) is 0 Å². The van der Waals surface area contributed by atoms with Crippen LogP contribution >= 0.6 is 0 Å². The molecule has 168 valence electrons. The first kappa shape index (κ1) is 21.3.